The number of benzene rings is 2. The molecule has 2 rings (SSSR count). The van der Waals surface area contributed by atoms with Crippen LogP contribution in [0.5, 0.6) is 0 Å². The van der Waals surface area contributed by atoms with Gasteiger partial charge >= 0.3 is 19.5 Å². The van der Waals surface area contributed by atoms with Crippen molar-refractivity contribution < 1.29 is 33.8 Å². The van der Waals surface area contributed by atoms with E-state index < -0.39 is 32.1 Å². The molecule has 0 fully saturated rings. The molecule has 0 aliphatic heterocycles. The average Bonchev–Trinajstić information content (AvgIpc) is 2.58. The highest BCUT2D eigenvalue weighted by Crippen LogP contribution is 2.45. The van der Waals surface area contributed by atoms with E-state index in [1.807, 2.05) is 42.5 Å². The van der Waals surface area contributed by atoms with Gasteiger partial charge in [-0.2, -0.15) is 0 Å². The minimum Gasteiger partial charge on any atom is -0.481 e. The molecular weight excluding hydrogens is 359 g/mol. The van der Waals surface area contributed by atoms with E-state index in [9.17, 15) is 19.0 Å². The third-order valence-corrected chi connectivity index (χ3v) is 5.42. The maximum atomic E-state index is 12.1. The molecule has 140 valence electrons. The van der Waals surface area contributed by atoms with Gasteiger partial charge in [-0.05, 0) is 35.6 Å². The van der Waals surface area contributed by atoms with Crippen LogP contribution < -0.4 is 0 Å². The van der Waals surface area contributed by atoms with Gasteiger partial charge in [-0.25, -0.2) is 4.79 Å². The zero-order valence-corrected chi connectivity index (χ0v) is 15.0. The molecule has 0 radical (unpaired) electrons. The van der Waals surface area contributed by atoms with Gasteiger partial charge in [-0.15, -0.1) is 0 Å². The lowest BCUT2D eigenvalue weighted by Crippen LogP contribution is -2.24. The lowest BCUT2D eigenvalue weighted by atomic mass is 10.0. The van der Waals surface area contributed by atoms with Crippen LogP contribution in [0.1, 0.15) is 24.8 Å². The molecule has 2 aromatic carbocycles. The third kappa shape index (κ3) is 5.95. The van der Waals surface area contributed by atoms with Crippen LogP contribution in [0, 0.1) is 0 Å². The molecule has 8 heteroatoms. The highest BCUT2D eigenvalue weighted by molar-refractivity contribution is 7.52. The first-order chi connectivity index (χ1) is 12.3. The molecule has 2 unspecified atom stereocenters. The fourth-order valence-corrected chi connectivity index (χ4v) is 3.96. The second-order valence-electron chi connectivity index (χ2n) is 5.97. The second kappa shape index (κ2) is 8.94. The summed E-state index contributed by atoms with van der Waals surface area (Å²) < 4.78 is 17.0. The minimum atomic E-state index is -4.13. The van der Waals surface area contributed by atoms with Crippen LogP contribution >= 0.6 is 7.60 Å². The van der Waals surface area contributed by atoms with E-state index in [0.717, 1.165) is 16.3 Å². The van der Waals surface area contributed by atoms with Gasteiger partial charge in [0.2, 0.25) is 0 Å². The number of rotatable bonds is 10. The molecule has 0 saturated carbocycles. The summed E-state index contributed by atoms with van der Waals surface area (Å²) >= 11 is 0. The SMILES string of the molecule is O=C(O)CCC(OP(=O)(O)CCCc1cccc2ccccc12)C(=O)O. The summed E-state index contributed by atoms with van der Waals surface area (Å²) in [5.74, 6) is -2.64. The fraction of sp³-hybridized carbons (Fsp3) is 0.333. The summed E-state index contributed by atoms with van der Waals surface area (Å²) in [6.07, 6.45) is -1.74. The lowest BCUT2D eigenvalue weighted by molar-refractivity contribution is -0.146. The van der Waals surface area contributed by atoms with Crippen LogP contribution in [-0.2, 0) is 25.1 Å². The molecule has 0 heterocycles. The van der Waals surface area contributed by atoms with Crippen LogP contribution in [0.3, 0.4) is 0 Å². The first-order valence-electron chi connectivity index (χ1n) is 8.20. The van der Waals surface area contributed by atoms with Gasteiger partial charge in [0.15, 0.2) is 6.10 Å². The van der Waals surface area contributed by atoms with Gasteiger partial charge in [0.05, 0.1) is 6.16 Å². The van der Waals surface area contributed by atoms with E-state index >= 15 is 0 Å². The Balaban J connectivity index is 1.95. The zero-order valence-electron chi connectivity index (χ0n) is 14.1. The highest BCUT2D eigenvalue weighted by atomic mass is 31.2. The molecule has 2 atom stereocenters. The molecule has 2 aromatic rings. The molecule has 0 saturated heterocycles. The molecule has 0 aliphatic rings. The number of aliphatic carboxylic acids is 2. The second-order valence-corrected chi connectivity index (χ2v) is 7.90. The van der Waals surface area contributed by atoms with Crippen molar-refractivity contribution in [2.24, 2.45) is 0 Å². The van der Waals surface area contributed by atoms with Gasteiger partial charge in [0.1, 0.15) is 0 Å². The normalized spacial score (nSPS) is 14.7. The number of carboxylic acids is 2. The molecule has 0 amide bonds. The van der Waals surface area contributed by atoms with Crippen LogP contribution in [-0.4, -0.2) is 39.3 Å². The number of hydrogen-bond acceptors (Lipinski definition) is 4. The number of aryl methyl sites for hydroxylation is 1. The van der Waals surface area contributed by atoms with E-state index in [1.54, 1.807) is 0 Å². The first-order valence-corrected chi connectivity index (χ1v) is 9.96. The predicted octanol–water partition coefficient (Wildman–Crippen LogP) is 3.29. The van der Waals surface area contributed by atoms with Crippen LogP contribution in [0.4, 0.5) is 0 Å². The Morgan fingerprint density at radius 3 is 2.46 bits per heavy atom. The Morgan fingerprint density at radius 2 is 1.77 bits per heavy atom. The predicted molar refractivity (Wildman–Crippen MR) is 96.3 cm³/mol. The van der Waals surface area contributed by atoms with E-state index in [1.165, 1.54) is 0 Å². The number of carbonyl (C=O) groups is 2. The Labute approximate surface area is 150 Å². The first kappa shape index (κ1) is 20.1. The Bertz CT molecular complexity index is 828. The van der Waals surface area contributed by atoms with Crippen molar-refractivity contribution in [1.82, 2.24) is 0 Å². The molecule has 0 spiro atoms. The average molecular weight is 380 g/mol. The summed E-state index contributed by atoms with van der Waals surface area (Å²) in [5, 5.41) is 19.8. The van der Waals surface area contributed by atoms with Crippen molar-refractivity contribution in [3.05, 3.63) is 48.0 Å². The third-order valence-electron chi connectivity index (χ3n) is 3.95. The molecule has 0 aliphatic carbocycles. The van der Waals surface area contributed by atoms with E-state index in [2.05, 4.69) is 0 Å². The summed E-state index contributed by atoms with van der Waals surface area (Å²) in [6.45, 7) is 0. The van der Waals surface area contributed by atoms with Crippen molar-refractivity contribution in [3.63, 3.8) is 0 Å². The zero-order chi connectivity index (χ0) is 19.2. The van der Waals surface area contributed by atoms with Gasteiger partial charge in [0.25, 0.3) is 0 Å². The smallest absolute Gasteiger partial charge is 0.333 e. The van der Waals surface area contributed by atoms with Crippen LogP contribution in [0.15, 0.2) is 42.5 Å². The van der Waals surface area contributed by atoms with Gasteiger partial charge in [-0.3, -0.25) is 13.9 Å². The maximum absolute atomic E-state index is 12.1. The summed E-state index contributed by atoms with van der Waals surface area (Å²) in [6, 6.07) is 13.7. The Kier molecular flexibility index (Phi) is 6.91. The summed E-state index contributed by atoms with van der Waals surface area (Å²) in [7, 11) is -4.13. The van der Waals surface area contributed by atoms with Crippen molar-refractivity contribution in [3.8, 4) is 0 Å². The maximum Gasteiger partial charge on any atom is 0.333 e. The number of carboxylic acid groups (broad SMARTS) is 2. The molecule has 7 nitrogen and oxygen atoms in total. The molecular formula is C18H21O7P. The quantitative estimate of drug-likeness (QED) is 0.541. The molecule has 0 bridgehead atoms. The minimum absolute atomic E-state index is 0.201. The lowest BCUT2D eigenvalue weighted by Gasteiger charge is -2.17. The van der Waals surface area contributed by atoms with E-state index in [-0.39, 0.29) is 12.6 Å². The fourth-order valence-electron chi connectivity index (χ4n) is 2.71. The van der Waals surface area contributed by atoms with Gasteiger partial charge < -0.3 is 15.1 Å². The van der Waals surface area contributed by atoms with Crippen molar-refractivity contribution >= 4 is 30.3 Å². The molecule has 26 heavy (non-hydrogen) atoms. The summed E-state index contributed by atoms with van der Waals surface area (Å²) in [5.41, 5.74) is 1.03. The van der Waals surface area contributed by atoms with Gasteiger partial charge in [0, 0.05) is 6.42 Å². The topological polar surface area (TPSA) is 121 Å². The van der Waals surface area contributed by atoms with Crippen molar-refractivity contribution in [2.75, 3.05) is 6.16 Å². The van der Waals surface area contributed by atoms with E-state index in [4.69, 9.17) is 14.7 Å². The Hall–Kier alpha value is -2.21. The van der Waals surface area contributed by atoms with Crippen molar-refractivity contribution in [1.29, 1.82) is 0 Å². The van der Waals surface area contributed by atoms with Gasteiger partial charge in [-0.1, -0.05) is 42.5 Å². The number of fused-ring (bicyclic) bond motifs is 1. The number of hydrogen-bond donors (Lipinski definition) is 3. The van der Waals surface area contributed by atoms with E-state index in [0.29, 0.717) is 12.8 Å². The van der Waals surface area contributed by atoms with Crippen LogP contribution in [0.2, 0.25) is 0 Å². The standard InChI is InChI=1S/C18H21O7P/c19-17(20)11-10-16(18(21)22)25-26(23,24)12-4-8-14-7-3-6-13-5-1-2-9-15(13)14/h1-3,5-7,9,16H,4,8,10-12H2,(H,19,20)(H,21,22)(H,23,24). The summed E-state index contributed by atoms with van der Waals surface area (Å²) in [4.78, 5) is 31.5. The molecule has 3 N–H and O–H groups in total. The van der Waals surface area contributed by atoms with Crippen LogP contribution in [0.25, 0.3) is 10.8 Å². The highest BCUT2D eigenvalue weighted by Gasteiger charge is 2.29. The molecule has 0 aromatic heterocycles. The Morgan fingerprint density at radius 1 is 1.08 bits per heavy atom. The monoisotopic (exact) mass is 380 g/mol. The largest absolute Gasteiger partial charge is 0.481 e. The van der Waals surface area contributed by atoms with Crippen molar-refractivity contribution in [2.45, 2.75) is 31.8 Å².